The van der Waals surface area contributed by atoms with Crippen LogP contribution in [-0.4, -0.2) is 107 Å². The summed E-state index contributed by atoms with van der Waals surface area (Å²) in [6.07, 6.45) is 1.78. The van der Waals surface area contributed by atoms with Gasteiger partial charge in [0.15, 0.2) is 11.5 Å². The van der Waals surface area contributed by atoms with Crippen molar-refractivity contribution in [3.05, 3.63) is 72.9 Å². The molecule has 47 heavy (non-hydrogen) atoms. The Hall–Kier alpha value is -4.63. The Bertz CT molecular complexity index is 1750. The van der Waals surface area contributed by atoms with Gasteiger partial charge in [0.25, 0.3) is 0 Å². The Morgan fingerprint density at radius 2 is 1.51 bits per heavy atom. The third-order valence-electron chi connectivity index (χ3n) is 7.77. The molecular weight excluding hydrogens is 626 g/mol. The van der Waals surface area contributed by atoms with Crippen molar-refractivity contribution in [2.45, 2.75) is 4.90 Å². The first-order chi connectivity index (χ1) is 22.7. The van der Waals surface area contributed by atoms with Crippen molar-refractivity contribution in [3.63, 3.8) is 0 Å². The first-order valence-electron chi connectivity index (χ1n) is 15.0. The highest BCUT2D eigenvalue weighted by Crippen LogP contribution is 2.32. The predicted molar refractivity (Wildman–Crippen MR) is 176 cm³/mol. The summed E-state index contributed by atoms with van der Waals surface area (Å²) >= 11 is 0. The molecule has 14 heteroatoms. The zero-order valence-corrected chi connectivity index (χ0v) is 27.7. The molecule has 0 spiro atoms. The molecule has 0 bridgehead atoms. The van der Waals surface area contributed by atoms with E-state index in [-0.39, 0.29) is 17.4 Å². The molecule has 1 aliphatic rings. The van der Waals surface area contributed by atoms with E-state index in [0.29, 0.717) is 67.2 Å². The number of carbonyl (C=O) groups is 1. The summed E-state index contributed by atoms with van der Waals surface area (Å²) in [4.78, 5) is 20.6. The van der Waals surface area contributed by atoms with Gasteiger partial charge in [-0.1, -0.05) is 0 Å². The highest BCUT2D eigenvalue weighted by molar-refractivity contribution is 7.89. The van der Waals surface area contributed by atoms with E-state index in [4.69, 9.17) is 28.7 Å². The van der Waals surface area contributed by atoms with E-state index >= 15 is 0 Å². The number of nitrogens with one attached hydrogen (secondary N) is 1. The lowest BCUT2D eigenvalue weighted by molar-refractivity contribution is -0.116. The van der Waals surface area contributed by atoms with Gasteiger partial charge in [0, 0.05) is 44.0 Å². The molecule has 1 N–H and O–H groups in total. The van der Waals surface area contributed by atoms with E-state index < -0.39 is 22.5 Å². The molecule has 4 aromatic rings. The second-order valence-electron chi connectivity index (χ2n) is 10.6. The third kappa shape index (κ3) is 8.03. The van der Waals surface area contributed by atoms with Gasteiger partial charge in [-0.25, -0.2) is 13.4 Å². The van der Waals surface area contributed by atoms with Crippen LogP contribution in [0, 0.1) is 0 Å². The number of ether oxygens (including phenoxy) is 5. The van der Waals surface area contributed by atoms with Crippen molar-refractivity contribution in [1.82, 2.24) is 18.8 Å². The third-order valence-corrected chi connectivity index (χ3v) is 9.63. The van der Waals surface area contributed by atoms with E-state index in [2.05, 4.69) is 10.2 Å². The first kappa shape index (κ1) is 33.7. The van der Waals surface area contributed by atoms with Crippen LogP contribution in [0.25, 0.3) is 16.9 Å². The number of rotatable bonds is 14. The van der Waals surface area contributed by atoms with Crippen molar-refractivity contribution >= 4 is 21.9 Å². The molecule has 0 aliphatic carbocycles. The van der Waals surface area contributed by atoms with E-state index in [1.54, 1.807) is 55.3 Å². The molecule has 0 saturated carbocycles. The fraction of sp³-hybridized carbons (Fsp3) is 0.333. The molecule has 1 amide bonds. The summed E-state index contributed by atoms with van der Waals surface area (Å²) in [5.74, 6) is 1.88. The molecule has 3 aromatic carbocycles. The standard InChI is InChI=1S/C33H39N5O8S/c1-42-26-8-5-24(6-9-26)29-22-38(25-7-14-30(44-3)31(21-25)45-4)33(34-29)35-32(39)23-37(16-15-36-17-19-46-20-18-36)47(40,41)28-12-10-27(43-2)11-13-28/h5-14,21-22H,15-20,23H2,1-4H3,(H,34,35,39). The van der Waals surface area contributed by atoms with E-state index in [1.807, 2.05) is 24.3 Å². The van der Waals surface area contributed by atoms with Crippen LogP contribution in [0.3, 0.4) is 0 Å². The number of aromatic nitrogens is 2. The predicted octanol–water partition coefficient (Wildman–Crippen LogP) is 3.54. The van der Waals surface area contributed by atoms with Crippen LogP contribution in [0.4, 0.5) is 5.95 Å². The molecule has 0 unspecified atom stereocenters. The van der Waals surface area contributed by atoms with Gasteiger partial charge >= 0.3 is 0 Å². The molecule has 5 rings (SSSR count). The number of imidazole rings is 1. The maximum atomic E-state index is 13.9. The van der Waals surface area contributed by atoms with Crippen molar-refractivity contribution in [2.75, 3.05) is 79.7 Å². The molecule has 1 saturated heterocycles. The van der Waals surface area contributed by atoms with Crippen molar-refractivity contribution in [1.29, 1.82) is 0 Å². The zero-order chi connectivity index (χ0) is 33.4. The van der Waals surface area contributed by atoms with Gasteiger partial charge in [0.05, 0.1) is 64.5 Å². The van der Waals surface area contributed by atoms with E-state index in [0.717, 1.165) is 5.56 Å². The summed E-state index contributed by atoms with van der Waals surface area (Å²) in [5.41, 5.74) is 2.00. The Morgan fingerprint density at radius 1 is 0.872 bits per heavy atom. The first-order valence-corrected chi connectivity index (χ1v) is 16.4. The fourth-order valence-electron chi connectivity index (χ4n) is 5.12. The number of sulfonamides is 1. The lowest BCUT2D eigenvalue weighted by atomic mass is 10.1. The summed E-state index contributed by atoms with van der Waals surface area (Å²) in [6, 6.07) is 18.8. The van der Waals surface area contributed by atoms with Crippen LogP contribution in [0.2, 0.25) is 0 Å². The zero-order valence-electron chi connectivity index (χ0n) is 26.8. The monoisotopic (exact) mass is 665 g/mol. The Morgan fingerprint density at radius 3 is 2.13 bits per heavy atom. The quantitative estimate of drug-likeness (QED) is 0.213. The molecular formula is C33H39N5O8S. The van der Waals surface area contributed by atoms with Crippen molar-refractivity contribution < 1.29 is 36.9 Å². The van der Waals surface area contributed by atoms with Crippen LogP contribution < -0.4 is 24.3 Å². The number of benzene rings is 3. The van der Waals surface area contributed by atoms with E-state index in [9.17, 15) is 13.2 Å². The molecule has 1 aromatic heterocycles. The average molecular weight is 666 g/mol. The van der Waals surface area contributed by atoms with Crippen LogP contribution in [0.1, 0.15) is 0 Å². The smallest absolute Gasteiger partial charge is 0.243 e. The van der Waals surface area contributed by atoms with Crippen LogP contribution >= 0.6 is 0 Å². The number of hydrogen-bond acceptors (Lipinski definition) is 10. The normalized spacial score (nSPS) is 13.7. The number of hydrogen-bond donors (Lipinski definition) is 1. The number of carbonyl (C=O) groups excluding carboxylic acids is 1. The summed E-state index contributed by atoms with van der Waals surface area (Å²) in [5, 5.41) is 2.85. The SMILES string of the molecule is COc1ccc(-c2cn(-c3ccc(OC)c(OC)c3)c(NC(=O)CN(CCN3CCOCC3)S(=O)(=O)c3ccc(OC)cc3)n2)cc1. The van der Waals surface area contributed by atoms with Crippen LogP contribution in [0.5, 0.6) is 23.0 Å². The summed E-state index contributed by atoms with van der Waals surface area (Å²) in [7, 11) is 2.14. The maximum Gasteiger partial charge on any atom is 0.243 e. The average Bonchev–Trinajstić information content (AvgIpc) is 3.53. The van der Waals surface area contributed by atoms with E-state index in [1.165, 1.54) is 30.7 Å². The Kier molecular flexibility index (Phi) is 11.0. The summed E-state index contributed by atoms with van der Waals surface area (Å²) in [6.45, 7) is 2.60. The minimum atomic E-state index is -4.05. The van der Waals surface area contributed by atoms with Crippen molar-refractivity contribution in [3.8, 4) is 39.9 Å². The van der Waals surface area contributed by atoms with Gasteiger partial charge in [-0.15, -0.1) is 0 Å². The molecule has 250 valence electrons. The Labute approximate surface area is 274 Å². The lowest BCUT2D eigenvalue weighted by Crippen LogP contribution is -2.45. The number of amides is 1. The van der Waals surface area contributed by atoms with Gasteiger partial charge in [0.2, 0.25) is 21.9 Å². The second-order valence-corrected chi connectivity index (χ2v) is 12.5. The largest absolute Gasteiger partial charge is 0.497 e. The molecule has 13 nitrogen and oxygen atoms in total. The lowest BCUT2D eigenvalue weighted by Gasteiger charge is -2.29. The number of morpholine rings is 1. The van der Waals surface area contributed by atoms with Gasteiger partial charge in [-0.05, 0) is 60.7 Å². The Balaban J connectivity index is 1.45. The number of methoxy groups -OCH3 is 4. The molecule has 1 aliphatic heterocycles. The van der Waals surface area contributed by atoms with Gasteiger partial charge < -0.3 is 23.7 Å². The molecule has 1 fully saturated rings. The second kappa shape index (κ2) is 15.3. The van der Waals surface area contributed by atoms with Gasteiger partial charge in [-0.3, -0.25) is 19.6 Å². The molecule has 0 atom stereocenters. The minimum Gasteiger partial charge on any atom is -0.497 e. The van der Waals surface area contributed by atoms with Gasteiger partial charge in [-0.2, -0.15) is 4.31 Å². The molecule has 2 heterocycles. The number of anilines is 1. The van der Waals surface area contributed by atoms with Crippen molar-refractivity contribution in [2.24, 2.45) is 0 Å². The highest BCUT2D eigenvalue weighted by Gasteiger charge is 2.28. The maximum absolute atomic E-state index is 13.9. The number of nitrogens with zero attached hydrogens (tertiary/aromatic N) is 4. The van der Waals surface area contributed by atoms with Gasteiger partial charge in [0.1, 0.15) is 11.5 Å². The fourth-order valence-corrected chi connectivity index (χ4v) is 6.51. The topological polar surface area (TPSA) is 134 Å². The molecule has 0 radical (unpaired) electrons. The summed E-state index contributed by atoms with van der Waals surface area (Å²) < 4.78 is 57.4. The van der Waals surface area contributed by atoms with Crippen LogP contribution in [0.15, 0.2) is 77.8 Å². The minimum absolute atomic E-state index is 0.0571. The van der Waals surface area contributed by atoms with Crippen LogP contribution in [-0.2, 0) is 19.6 Å². The highest BCUT2D eigenvalue weighted by atomic mass is 32.2.